The van der Waals surface area contributed by atoms with Gasteiger partial charge in [0.2, 0.25) is 5.91 Å². The lowest BCUT2D eigenvalue weighted by Crippen LogP contribution is -2.49. The van der Waals surface area contributed by atoms with Crippen molar-refractivity contribution in [3.8, 4) is 0 Å². The van der Waals surface area contributed by atoms with E-state index in [9.17, 15) is 14.4 Å². The van der Waals surface area contributed by atoms with Crippen LogP contribution in [0.1, 0.15) is 38.5 Å². The van der Waals surface area contributed by atoms with Gasteiger partial charge in [0.05, 0.1) is 0 Å². The highest BCUT2D eigenvalue weighted by atomic mass is 16.2. The number of imide groups is 1. The summed E-state index contributed by atoms with van der Waals surface area (Å²) in [5.41, 5.74) is 4.94. The summed E-state index contributed by atoms with van der Waals surface area (Å²) >= 11 is 0. The lowest BCUT2D eigenvalue weighted by Gasteiger charge is -2.35. The van der Waals surface area contributed by atoms with Gasteiger partial charge < -0.3 is 15.5 Å². The van der Waals surface area contributed by atoms with Crippen molar-refractivity contribution < 1.29 is 14.4 Å². The molecule has 0 aromatic rings. The Kier molecular flexibility index (Phi) is 4.31. The molecule has 2 N–H and O–H groups in total. The molecule has 7 heteroatoms. The number of carbonyl (C=O) groups is 3. The van der Waals surface area contributed by atoms with E-state index in [-0.39, 0.29) is 24.4 Å². The van der Waals surface area contributed by atoms with Crippen LogP contribution in [0.25, 0.3) is 0 Å². The van der Waals surface area contributed by atoms with Crippen LogP contribution in [0, 0.1) is 5.92 Å². The Bertz CT molecular complexity index is 515. The summed E-state index contributed by atoms with van der Waals surface area (Å²) in [5.74, 6) is -0.00665. The fourth-order valence-electron chi connectivity index (χ4n) is 4.16. The Morgan fingerprint density at radius 2 is 1.96 bits per heavy atom. The van der Waals surface area contributed by atoms with Crippen molar-refractivity contribution in [1.29, 1.82) is 0 Å². The highest BCUT2D eigenvalue weighted by Crippen LogP contribution is 2.39. The zero-order valence-electron chi connectivity index (χ0n) is 13.8. The van der Waals surface area contributed by atoms with Crippen LogP contribution in [0.15, 0.2) is 0 Å². The van der Waals surface area contributed by atoms with Crippen LogP contribution in [-0.2, 0) is 9.59 Å². The van der Waals surface area contributed by atoms with E-state index in [1.165, 1.54) is 0 Å². The van der Waals surface area contributed by atoms with E-state index in [1.807, 2.05) is 0 Å². The minimum Gasteiger partial charge on any atom is -0.341 e. The molecule has 2 heterocycles. The fraction of sp³-hybridized carbons (Fsp3) is 0.812. The summed E-state index contributed by atoms with van der Waals surface area (Å²) < 4.78 is 0. The Morgan fingerprint density at radius 1 is 1.26 bits per heavy atom. The van der Waals surface area contributed by atoms with E-state index in [2.05, 4.69) is 0 Å². The number of likely N-dealkylation sites (tertiary alicyclic amines) is 1. The van der Waals surface area contributed by atoms with E-state index in [0.717, 1.165) is 30.6 Å². The second kappa shape index (κ2) is 6.11. The first-order valence-corrected chi connectivity index (χ1v) is 8.57. The first-order valence-electron chi connectivity index (χ1n) is 8.57. The summed E-state index contributed by atoms with van der Waals surface area (Å²) in [6.45, 7) is 1.72. The van der Waals surface area contributed by atoms with Gasteiger partial charge in [0.15, 0.2) is 0 Å². The minimum absolute atomic E-state index is 0.138. The number of hydrogen-bond acceptors (Lipinski definition) is 4. The van der Waals surface area contributed by atoms with Gasteiger partial charge in [0.1, 0.15) is 12.1 Å². The highest BCUT2D eigenvalue weighted by Gasteiger charge is 2.56. The standard InChI is InChI=1S/C16H26N4O3/c1-18-15(23)20(14(22)16(18)6-3-2-4-7-16)11-13(21)19-8-5-12(9-17)10-19/h12H,2-11,17H2,1H3. The third-order valence-electron chi connectivity index (χ3n) is 5.75. The normalized spacial score (nSPS) is 27.4. The summed E-state index contributed by atoms with van der Waals surface area (Å²) in [7, 11) is 1.69. The molecule has 7 nitrogen and oxygen atoms in total. The summed E-state index contributed by atoms with van der Waals surface area (Å²) in [4.78, 5) is 42.2. The number of carbonyl (C=O) groups excluding carboxylic acids is 3. The summed E-state index contributed by atoms with van der Waals surface area (Å²) in [6.07, 6.45) is 5.32. The number of hydrogen-bond donors (Lipinski definition) is 1. The predicted octanol–water partition coefficient (Wildman–Crippen LogP) is 0.391. The van der Waals surface area contributed by atoms with E-state index in [1.54, 1.807) is 16.8 Å². The lowest BCUT2D eigenvalue weighted by atomic mass is 9.81. The smallest absolute Gasteiger partial charge is 0.327 e. The molecule has 1 saturated carbocycles. The van der Waals surface area contributed by atoms with E-state index in [0.29, 0.717) is 38.4 Å². The second-order valence-electron chi connectivity index (χ2n) is 7.06. The third kappa shape index (κ3) is 2.60. The summed E-state index contributed by atoms with van der Waals surface area (Å²) in [5, 5.41) is 0. The maximum absolute atomic E-state index is 12.8. The van der Waals surface area contributed by atoms with Gasteiger partial charge in [-0.2, -0.15) is 0 Å². The average Bonchev–Trinajstić information content (AvgIpc) is 3.12. The van der Waals surface area contributed by atoms with Gasteiger partial charge in [-0.3, -0.25) is 14.5 Å². The van der Waals surface area contributed by atoms with Gasteiger partial charge in [0, 0.05) is 20.1 Å². The van der Waals surface area contributed by atoms with Crippen molar-refractivity contribution in [1.82, 2.24) is 14.7 Å². The lowest BCUT2D eigenvalue weighted by molar-refractivity contribution is -0.140. The predicted molar refractivity (Wildman–Crippen MR) is 84.4 cm³/mol. The molecule has 0 bridgehead atoms. The van der Waals surface area contributed by atoms with Crippen molar-refractivity contribution in [2.75, 3.05) is 33.2 Å². The van der Waals surface area contributed by atoms with Crippen LogP contribution in [0.2, 0.25) is 0 Å². The number of likely N-dealkylation sites (N-methyl/N-ethyl adjacent to an activating group) is 1. The molecule has 1 spiro atoms. The average molecular weight is 322 g/mol. The molecule has 128 valence electrons. The first kappa shape index (κ1) is 16.2. The third-order valence-corrected chi connectivity index (χ3v) is 5.75. The Balaban J connectivity index is 1.69. The molecule has 2 aliphatic heterocycles. The first-order chi connectivity index (χ1) is 11.0. The van der Waals surface area contributed by atoms with E-state index >= 15 is 0 Å². The van der Waals surface area contributed by atoms with Gasteiger partial charge >= 0.3 is 6.03 Å². The van der Waals surface area contributed by atoms with Crippen molar-refractivity contribution in [2.45, 2.75) is 44.1 Å². The van der Waals surface area contributed by atoms with Crippen molar-refractivity contribution in [2.24, 2.45) is 11.7 Å². The topological polar surface area (TPSA) is 87.0 Å². The van der Waals surface area contributed by atoms with Gasteiger partial charge in [-0.05, 0) is 31.7 Å². The van der Waals surface area contributed by atoms with Crippen molar-refractivity contribution in [3.05, 3.63) is 0 Å². The van der Waals surface area contributed by atoms with Crippen LogP contribution in [0.5, 0.6) is 0 Å². The quantitative estimate of drug-likeness (QED) is 0.762. The zero-order chi connectivity index (χ0) is 16.6. The molecule has 3 rings (SSSR count). The molecule has 0 aromatic carbocycles. The highest BCUT2D eigenvalue weighted by molar-refractivity contribution is 6.08. The van der Waals surface area contributed by atoms with Gasteiger partial charge in [-0.1, -0.05) is 19.3 Å². The number of nitrogens with zero attached hydrogens (tertiary/aromatic N) is 3. The summed E-state index contributed by atoms with van der Waals surface area (Å²) in [6, 6.07) is -0.333. The number of amides is 4. The molecule has 3 fully saturated rings. The van der Waals surface area contributed by atoms with Crippen LogP contribution < -0.4 is 5.73 Å². The monoisotopic (exact) mass is 322 g/mol. The molecule has 23 heavy (non-hydrogen) atoms. The molecule has 1 unspecified atom stereocenters. The molecule has 1 aliphatic carbocycles. The molecule has 0 radical (unpaired) electrons. The SMILES string of the molecule is CN1C(=O)N(CC(=O)N2CCC(CN)C2)C(=O)C12CCCCC2. The molecule has 2 saturated heterocycles. The van der Waals surface area contributed by atoms with Crippen LogP contribution in [0.3, 0.4) is 0 Å². The van der Waals surface area contributed by atoms with E-state index < -0.39 is 5.54 Å². The number of urea groups is 1. The van der Waals surface area contributed by atoms with Gasteiger partial charge in [0.25, 0.3) is 5.91 Å². The molecule has 0 aromatic heterocycles. The molecular weight excluding hydrogens is 296 g/mol. The number of nitrogens with two attached hydrogens (primary N) is 1. The molecule has 1 atom stereocenters. The molecule has 3 aliphatic rings. The van der Waals surface area contributed by atoms with E-state index in [4.69, 9.17) is 5.73 Å². The Morgan fingerprint density at radius 3 is 2.57 bits per heavy atom. The minimum atomic E-state index is -0.708. The second-order valence-corrected chi connectivity index (χ2v) is 7.06. The zero-order valence-corrected chi connectivity index (χ0v) is 13.8. The van der Waals surface area contributed by atoms with Crippen LogP contribution in [0.4, 0.5) is 4.79 Å². The van der Waals surface area contributed by atoms with Crippen LogP contribution >= 0.6 is 0 Å². The van der Waals surface area contributed by atoms with Crippen molar-refractivity contribution in [3.63, 3.8) is 0 Å². The fourth-order valence-corrected chi connectivity index (χ4v) is 4.16. The number of rotatable bonds is 3. The molecular formula is C16H26N4O3. The molecule has 4 amide bonds. The largest absolute Gasteiger partial charge is 0.341 e. The maximum atomic E-state index is 12.8. The Labute approximate surface area is 136 Å². The maximum Gasteiger partial charge on any atom is 0.327 e. The van der Waals surface area contributed by atoms with Crippen molar-refractivity contribution >= 4 is 17.8 Å². The van der Waals surface area contributed by atoms with Crippen LogP contribution in [-0.4, -0.2) is 71.3 Å². The van der Waals surface area contributed by atoms with Gasteiger partial charge in [-0.25, -0.2) is 4.79 Å². The van der Waals surface area contributed by atoms with Gasteiger partial charge in [-0.15, -0.1) is 0 Å². The Hall–Kier alpha value is -1.63.